The third kappa shape index (κ3) is 3.90. The van der Waals surface area contributed by atoms with Crippen molar-refractivity contribution in [3.63, 3.8) is 0 Å². The number of halogens is 2. The zero-order valence-electron chi connectivity index (χ0n) is 16.8. The van der Waals surface area contributed by atoms with Gasteiger partial charge in [-0.3, -0.25) is 9.59 Å². The monoisotopic (exact) mass is 436 g/mol. The number of hydrogen-bond acceptors (Lipinski definition) is 4. The van der Waals surface area contributed by atoms with Crippen molar-refractivity contribution in [3.05, 3.63) is 94.4 Å². The van der Waals surface area contributed by atoms with Gasteiger partial charge < -0.3 is 10.1 Å². The molecule has 0 saturated carbocycles. The zero-order chi connectivity index (χ0) is 22.1. The molecular weight excluding hydrogens is 419 g/mol. The highest BCUT2D eigenvalue weighted by molar-refractivity contribution is 6.46. The molecule has 1 aliphatic rings. The first-order valence-electron chi connectivity index (χ1n) is 9.45. The van der Waals surface area contributed by atoms with E-state index in [4.69, 9.17) is 16.3 Å². The van der Waals surface area contributed by atoms with Crippen LogP contribution in [0.4, 0.5) is 15.8 Å². The maximum Gasteiger partial charge on any atom is 0.282 e. The fraction of sp³-hybridized carbons (Fsp3) is 0.0833. The van der Waals surface area contributed by atoms with Gasteiger partial charge in [0.15, 0.2) is 0 Å². The quantitative estimate of drug-likeness (QED) is 0.559. The molecule has 31 heavy (non-hydrogen) atoms. The second-order valence-corrected chi connectivity index (χ2v) is 7.42. The summed E-state index contributed by atoms with van der Waals surface area (Å²) < 4.78 is 18.6. The van der Waals surface area contributed by atoms with Crippen molar-refractivity contribution in [1.82, 2.24) is 0 Å². The van der Waals surface area contributed by atoms with Gasteiger partial charge in [-0.15, -0.1) is 0 Å². The Balaban J connectivity index is 1.81. The van der Waals surface area contributed by atoms with Crippen LogP contribution in [0.5, 0.6) is 5.75 Å². The lowest BCUT2D eigenvalue weighted by Gasteiger charge is -2.16. The van der Waals surface area contributed by atoms with Gasteiger partial charge in [0.1, 0.15) is 17.3 Å². The minimum Gasteiger partial charge on any atom is -0.495 e. The normalized spacial score (nSPS) is 13.7. The molecule has 3 aromatic rings. The largest absolute Gasteiger partial charge is 0.495 e. The lowest BCUT2D eigenvalue weighted by Crippen LogP contribution is -2.32. The van der Waals surface area contributed by atoms with E-state index in [1.165, 1.54) is 31.4 Å². The smallest absolute Gasteiger partial charge is 0.282 e. The van der Waals surface area contributed by atoms with Crippen LogP contribution in [0, 0.1) is 12.7 Å². The number of aryl methyl sites for hydroxylation is 1. The Morgan fingerprint density at radius 3 is 2.35 bits per heavy atom. The number of anilines is 2. The minimum atomic E-state index is -0.512. The van der Waals surface area contributed by atoms with E-state index in [0.717, 1.165) is 10.5 Å². The van der Waals surface area contributed by atoms with Gasteiger partial charge in [-0.2, -0.15) is 0 Å². The topological polar surface area (TPSA) is 58.6 Å². The number of methoxy groups -OCH3 is 1. The van der Waals surface area contributed by atoms with Crippen molar-refractivity contribution >= 4 is 40.4 Å². The molecule has 5 nitrogen and oxygen atoms in total. The SMILES string of the molecule is COc1ccc(NC2=C(c3ccc(F)cc3)C(=O)N(c3cccc(C)c3)C2=O)cc1Cl. The number of rotatable bonds is 5. The summed E-state index contributed by atoms with van der Waals surface area (Å²) >= 11 is 6.21. The van der Waals surface area contributed by atoms with Crippen LogP contribution >= 0.6 is 11.6 Å². The molecule has 3 aromatic carbocycles. The van der Waals surface area contributed by atoms with Crippen LogP contribution in [0.2, 0.25) is 5.02 Å². The predicted molar refractivity (Wildman–Crippen MR) is 119 cm³/mol. The number of benzene rings is 3. The first-order chi connectivity index (χ1) is 14.9. The highest BCUT2D eigenvalue weighted by Gasteiger charge is 2.40. The average Bonchev–Trinajstić information content (AvgIpc) is 2.98. The number of ether oxygens (including phenoxy) is 1. The zero-order valence-corrected chi connectivity index (χ0v) is 17.5. The molecule has 1 N–H and O–H groups in total. The number of hydrogen-bond donors (Lipinski definition) is 1. The lowest BCUT2D eigenvalue weighted by atomic mass is 10.0. The van der Waals surface area contributed by atoms with Crippen LogP contribution < -0.4 is 15.0 Å². The third-order valence-corrected chi connectivity index (χ3v) is 5.19. The molecule has 1 heterocycles. The maximum atomic E-state index is 13.5. The number of amides is 2. The van der Waals surface area contributed by atoms with Crippen molar-refractivity contribution in [2.45, 2.75) is 6.92 Å². The Kier molecular flexibility index (Phi) is 5.48. The summed E-state index contributed by atoms with van der Waals surface area (Å²) in [5, 5.41) is 3.38. The predicted octanol–water partition coefficient (Wildman–Crippen LogP) is 5.19. The summed E-state index contributed by atoms with van der Waals surface area (Å²) in [6, 6.07) is 17.5. The summed E-state index contributed by atoms with van der Waals surface area (Å²) in [6.45, 7) is 1.88. The fourth-order valence-corrected chi connectivity index (χ4v) is 3.68. The van der Waals surface area contributed by atoms with Gasteiger partial charge in [-0.25, -0.2) is 9.29 Å². The van der Waals surface area contributed by atoms with Crippen LogP contribution in [0.3, 0.4) is 0 Å². The maximum absolute atomic E-state index is 13.5. The summed E-state index contributed by atoms with van der Waals surface area (Å²) in [6.07, 6.45) is 0. The molecule has 0 fully saturated rings. The van der Waals surface area contributed by atoms with Crippen LogP contribution in [-0.4, -0.2) is 18.9 Å². The molecule has 2 amide bonds. The Labute approximate surface area is 183 Å². The molecule has 0 radical (unpaired) electrons. The number of carbonyl (C=O) groups is 2. The molecule has 0 atom stereocenters. The molecule has 156 valence electrons. The van der Waals surface area contributed by atoms with Crippen LogP contribution in [0.15, 0.2) is 72.4 Å². The number of nitrogens with one attached hydrogen (secondary N) is 1. The second kappa shape index (κ2) is 8.24. The van der Waals surface area contributed by atoms with Crippen LogP contribution in [0.25, 0.3) is 5.57 Å². The number of imide groups is 1. The molecule has 4 rings (SSSR count). The van der Waals surface area contributed by atoms with Gasteiger partial charge in [0, 0.05) is 5.69 Å². The summed E-state index contributed by atoms with van der Waals surface area (Å²) in [7, 11) is 1.50. The Hall–Kier alpha value is -3.64. The molecule has 1 aliphatic heterocycles. The minimum absolute atomic E-state index is 0.0827. The summed E-state index contributed by atoms with van der Waals surface area (Å²) in [4.78, 5) is 27.8. The Bertz CT molecular complexity index is 1220. The van der Waals surface area contributed by atoms with E-state index < -0.39 is 17.6 Å². The van der Waals surface area contributed by atoms with Crippen molar-refractivity contribution in [3.8, 4) is 5.75 Å². The number of carbonyl (C=O) groups excluding carboxylic acids is 2. The average molecular weight is 437 g/mol. The second-order valence-electron chi connectivity index (χ2n) is 7.02. The first kappa shape index (κ1) is 20.6. The van der Waals surface area contributed by atoms with E-state index in [9.17, 15) is 14.0 Å². The molecule has 0 bridgehead atoms. The lowest BCUT2D eigenvalue weighted by molar-refractivity contribution is -0.120. The first-order valence-corrected chi connectivity index (χ1v) is 9.83. The molecule has 0 unspecified atom stereocenters. The van der Waals surface area contributed by atoms with E-state index in [0.29, 0.717) is 27.7 Å². The van der Waals surface area contributed by atoms with E-state index in [-0.39, 0.29) is 11.3 Å². The summed E-state index contributed by atoms with van der Waals surface area (Å²) in [5.74, 6) is -0.963. The number of nitrogens with zero attached hydrogens (tertiary/aromatic N) is 1. The third-order valence-electron chi connectivity index (χ3n) is 4.90. The Morgan fingerprint density at radius 2 is 1.71 bits per heavy atom. The standard InChI is InChI=1S/C24H18ClFN2O3/c1-14-4-3-5-18(12-14)28-23(29)21(15-6-8-16(26)9-7-15)22(24(28)30)27-17-10-11-20(31-2)19(25)13-17/h3-13,27H,1-2H3. The van der Waals surface area contributed by atoms with E-state index >= 15 is 0 Å². The van der Waals surface area contributed by atoms with Crippen molar-refractivity contribution in [1.29, 1.82) is 0 Å². The van der Waals surface area contributed by atoms with Gasteiger partial charge in [0.2, 0.25) is 0 Å². The van der Waals surface area contributed by atoms with E-state index in [1.54, 1.807) is 36.4 Å². The molecule has 0 spiro atoms. The van der Waals surface area contributed by atoms with Crippen molar-refractivity contribution < 1.29 is 18.7 Å². The van der Waals surface area contributed by atoms with E-state index in [1.807, 2.05) is 13.0 Å². The van der Waals surface area contributed by atoms with Crippen molar-refractivity contribution in [2.24, 2.45) is 0 Å². The van der Waals surface area contributed by atoms with Crippen LogP contribution in [-0.2, 0) is 9.59 Å². The van der Waals surface area contributed by atoms with Gasteiger partial charge in [-0.05, 0) is 60.5 Å². The molecule has 0 aromatic heterocycles. The van der Waals surface area contributed by atoms with E-state index in [2.05, 4.69) is 5.32 Å². The fourth-order valence-electron chi connectivity index (χ4n) is 3.42. The molecule has 0 aliphatic carbocycles. The highest BCUT2D eigenvalue weighted by Crippen LogP contribution is 2.35. The van der Waals surface area contributed by atoms with Gasteiger partial charge in [-0.1, -0.05) is 35.9 Å². The molecular formula is C24H18ClFN2O3. The van der Waals surface area contributed by atoms with Crippen LogP contribution in [0.1, 0.15) is 11.1 Å². The van der Waals surface area contributed by atoms with Gasteiger partial charge in [0.05, 0.1) is 23.4 Å². The van der Waals surface area contributed by atoms with Gasteiger partial charge in [0.25, 0.3) is 11.8 Å². The summed E-state index contributed by atoms with van der Waals surface area (Å²) in [5.41, 5.74) is 2.53. The highest BCUT2D eigenvalue weighted by atomic mass is 35.5. The molecule has 7 heteroatoms. The van der Waals surface area contributed by atoms with Gasteiger partial charge >= 0.3 is 0 Å². The molecule has 0 saturated heterocycles. The van der Waals surface area contributed by atoms with Crippen molar-refractivity contribution in [2.75, 3.05) is 17.3 Å². The Morgan fingerprint density at radius 1 is 0.968 bits per heavy atom.